The third kappa shape index (κ3) is 6.16. The van der Waals surface area contributed by atoms with E-state index in [9.17, 15) is 29.3 Å². The van der Waals surface area contributed by atoms with Crippen molar-refractivity contribution in [2.24, 2.45) is 0 Å². The van der Waals surface area contributed by atoms with Crippen LogP contribution in [0, 0.1) is 13.8 Å². The second-order valence-electron chi connectivity index (χ2n) is 8.59. The average Bonchev–Trinajstić information content (AvgIpc) is 3.21. The van der Waals surface area contributed by atoms with Gasteiger partial charge in [-0.1, -0.05) is 34.3 Å². The monoisotopic (exact) mass is 561 g/mol. The summed E-state index contributed by atoms with van der Waals surface area (Å²) in [6, 6.07) is 5.84. The number of benzene rings is 1. The Balaban J connectivity index is 1.66. The first-order chi connectivity index (χ1) is 17.1. The van der Waals surface area contributed by atoms with Crippen molar-refractivity contribution in [3.8, 4) is 5.88 Å². The summed E-state index contributed by atoms with van der Waals surface area (Å²) >= 11 is 0. The zero-order valence-corrected chi connectivity index (χ0v) is 21.3. The standard InChI is InChI=1S/C19H25N5O11P2/c1-9-3-10(2)5-11(4-9)6-23-8-24(16-13(23)17(27)22-19(20)21-16)18-15(26)14(25)12(34-18)7-33-37(31,32)35-36(28,29)30/h3-5,8,12,14-15,18,25-26H,6-7H2,1-2H3,(H5-,20,21,22,27,28,29,30,31,32)/t12-,14-,15-,18-/m1/s1. The lowest BCUT2D eigenvalue weighted by atomic mass is 10.1. The maximum Gasteiger partial charge on any atom is 0.481 e. The lowest BCUT2D eigenvalue weighted by Crippen LogP contribution is -2.46. The molecule has 0 radical (unpaired) electrons. The SMILES string of the molecule is Cc1cc(C)cc(Cn2c[n+]([C@@H]3O[C@H](COP(=O)(O)OP(=O)(O)O)[C@@H](O)[C@H]3O)c3nc(N)nc([O-])c32)c1. The molecule has 5 atom stereocenters. The van der Waals surface area contributed by atoms with Crippen LogP contribution < -0.4 is 15.4 Å². The Labute approximate surface area is 209 Å². The first kappa shape index (κ1) is 27.5. The van der Waals surface area contributed by atoms with Gasteiger partial charge in [-0.25, -0.2) is 18.7 Å². The van der Waals surface area contributed by atoms with Gasteiger partial charge in [0.25, 0.3) is 5.95 Å². The van der Waals surface area contributed by atoms with Crippen LogP contribution in [0.1, 0.15) is 22.9 Å². The van der Waals surface area contributed by atoms with Crippen LogP contribution in [0.25, 0.3) is 11.2 Å². The van der Waals surface area contributed by atoms with Gasteiger partial charge in [0.1, 0.15) is 18.3 Å². The molecule has 7 N–H and O–H groups in total. The van der Waals surface area contributed by atoms with E-state index in [0.29, 0.717) is 0 Å². The molecule has 4 rings (SSSR count). The van der Waals surface area contributed by atoms with E-state index in [1.165, 1.54) is 15.5 Å². The molecule has 1 fully saturated rings. The Hall–Kier alpha value is -2.49. The minimum absolute atomic E-state index is 0.00245. The van der Waals surface area contributed by atoms with E-state index >= 15 is 0 Å². The number of ether oxygens (including phenoxy) is 1. The van der Waals surface area contributed by atoms with Crippen LogP contribution in [-0.4, -0.2) is 64.3 Å². The van der Waals surface area contributed by atoms with E-state index < -0.39 is 52.7 Å². The van der Waals surface area contributed by atoms with Gasteiger partial charge in [-0.15, -0.1) is 0 Å². The normalized spacial score (nSPS) is 24.0. The molecule has 0 bridgehead atoms. The number of aliphatic hydroxyl groups is 2. The van der Waals surface area contributed by atoms with Gasteiger partial charge in [0.05, 0.1) is 13.2 Å². The van der Waals surface area contributed by atoms with Crippen molar-refractivity contribution in [1.82, 2.24) is 14.5 Å². The molecular weight excluding hydrogens is 536 g/mol. The molecule has 1 aliphatic heterocycles. The maximum absolute atomic E-state index is 12.7. The zero-order chi connectivity index (χ0) is 27.3. The number of nitrogens with two attached hydrogens (primary N) is 1. The maximum atomic E-state index is 12.7. The number of phosphoric acid groups is 2. The summed E-state index contributed by atoms with van der Waals surface area (Å²) in [4.78, 5) is 34.7. The van der Waals surface area contributed by atoms with Crippen molar-refractivity contribution in [3.63, 3.8) is 0 Å². The van der Waals surface area contributed by atoms with E-state index in [0.717, 1.165) is 16.7 Å². The fourth-order valence-corrected chi connectivity index (χ4v) is 5.82. The molecule has 37 heavy (non-hydrogen) atoms. The number of rotatable bonds is 8. The average molecular weight is 561 g/mol. The van der Waals surface area contributed by atoms with Gasteiger partial charge in [-0.3, -0.25) is 9.09 Å². The Bertz CT molecular complexity index is 1410. The van der Waals surface area contributed by atoms with E-state index in [1.807, 2.05) is 32.0 Å². The van der Waals surface area contributed by atoms with Gasteiger partial charge in [0.2, 0.25) is 6.23 Å². The highest BCUT2D eigenvalue weighted by Gasteiger charge is 2.48. The predicted molar refractivity (Wildman–Crippen MR) is 121 cm³/mol. The molecule has 16 nitrogen and oxygen atoms in total. The molecule has 1 unspecified atom stereocenters. The molecule has 0 aliphatic carbocycles. The summed E-state index contributed by atoms with van der Waals surface area (Å²) in [6.07, 6.45) is -4.67. The Morgan fingerprint density at radius 1 is 1.14 bits per heavy atom. The number of fused-ring (bicyclic) bond motifs is 1. The quantitative estimate of drug-likeness (QED) is 0.141. The summed E-state index contributed by atoms with van der Waals surface area (Å²) < 4.78 is 39.2. The van der Waals surface area contributed by atoms with Gasteiger partial charge in [-0.2, -0.15) is 4.31 Å². The van der Waals surface area contributed by atoms with Crippen molar-refractivity contribution in [1.29, 1.82) is 0 Å². The number of aryl methyl sites for hydroxylation is 2. The number of nitrogens with zero attached hydrogens (tertiary/aromatic N) is 4. The fraction of sp³-hybridized carbons (Fsp3) is 0.421. The van der Waals surface area contributed by atoms with Crippen LogP contribution in [0.5, 0.6) is 5.88 Å². The van der Waals surface area contributed by atoms with E-state index in [4.69, 9.17) is 20.3 Å². The first-order valence-corrected chi connectivity index (χ1v) is 13.7. The minimum atomic E-state index is -5.36. The van der Waals surface area contributed by atoms with Crippen LogP contribution in [0.3, 0.4) is 0 Å². The number of nitrogen functional groups attached to an aromatic ring is 1. The Kier molecular flexibility index (Phi) is 7.44. The Morgan fingerprint density at radius 2 is 1.78 bits per heavy atom. The molecule has 1 aliphatic rings. The number of imidazole rings is 1. The summed E-state index contributed by atoms with van der Waals surface area (Å²) in [5.74, 6) is -1.02. The molecule has 2 aromatic heterocycles. The number of aliphatic hydroxyl groups excluding tert-OH is 2. The zero-order valence-electron chi connectivity index (χ0n) is 19.5. The topological polar surface area (TPSA) is 247 Å². The van der Waals surface area contributed by atoms with Crippen molar-refractivity contribution < 1.29 is 57.3 Å². The number of anilines is 1. The summed E-state index contributed by atoms with van der Waals surface area (Å²) in [5.41, 5.74) is 8.60. The van der Waals surface area contributed by atoms with Gasteiger partial charge in [0, 0.05) is 5.88 Å². The molecule has 0 saturated carbocycles. The second-order valence-corrected chi connectivity index (χ2v) is 11.4. The van der Waals surface area contributed by atoms with Gasteiger partial charge in [0.15, 0.2) is 11.8 Å². The molecule has 0 spiro atoms. The summed E-state index contributed by atoms with van der Waals surface area (Å²) in [6.45, 7) is 3.19. The highest BCUT2D eigenvalue weighted by molar-refractivity contribution is 7.60. The van der Waals surface area contributed by atoms with Crippen LogP contribution >= 0.6 is 15.6 Å². The molecule has 1 saturated heterocycles. The number of hydrogen-bond donors (Lipinski definition) is 6. The molecule has 3 heterocycles. The molecule has 3 aromatic rings. The van der Waals surface area contributed by atoms with E-state index in [2.05, 4.69) is 18.8 Å². The van der Waals surface area contributed by atoms with Gasteiger partial charge >= 0.3 is 21.3 Å². The lowest BCUT2D eigenvalue weighted by molar-refractivity contribution is -0.745. The van der Waals surface area contributed by atoms with Crippen LogP contribution in [0.2, 0.25) is 0 Å². The van der Waals surface area contributed by atoms with Crippen molar-refractivity contribution >= 4 is 32.8 Å². The highest BCUT2D eigenvalue weighted by atomic mass is 31.3. The van der Waals surface area contributed by atoms with E-state index in [1.54, 1.807) is 0 Å². The number of phosphoric ester groups is 1. The van der Waals surface area contributed by atoms with Crippen molar-refractivity contribution in [2.75, 3.05) is 12.3 Å². The van der Waals surface area contributed by atoms with Crippen LogP contribution in [-0.2, 0) is 29.2 Å². The molecular formula is C19H25N5O11P2. The third-order valence-corrected chi connectivity index (χ3v) is 7.66. The van der Waals surface area contributed by atoms with Crippen LogP contribution in [0.4, 0.5) is 5.95 Å². The minimum Gasteiger partial charge on any atom is -0.856 e. The van der Waals surface area contributed by atoms with Crippen molar-refractivity contribution in [2.45, 2.75) is 44.9 Å². The fourth-order valence-electron chi connectivity index (χ4n) is 4.22. The number of aromatic nitrogens is 4. The number of hydrogen-bond acceptors (Lipinski definition) is 11. The van der Waals surface area contributed by atoms with Gasteiger partial charge in [-0.05, 0) is 19.4 Å². The predicted octanol–water partition coefficient (Wildman–Crippen LogP) is -1.11. The largest absolute Gasteiger partial charge is 0.856 e. The third-order valence-electron chi connectivity index (χ3n) is 5.50. The second kappa shape index (κ2) is 10.0. The van der Waals surface area contributed by atoms with Crippen LogP contribution in [0.15, 0.2) is 24.5 Å². The first-order valence-electron chi connectivity index (χ1n) is 10.7. The highest BCUT2D eigenvalue weighted by Crippen LogP contribution is 2.57. The van der Waals surface area contributed by atoms with Gasteiger partial charge < -0.3 is 40.5 Å². The Morgan fingerprint density at radius 3 is 2.41 bits per heavy atom. The summed E-state index contributed by atoms with van der Waals surface area (Å²) in [7, 11) is -10.6. The smallest absolute Gasteiger partial charge is 0.481 e. The molecule has 202 valence electrons. The molecule has 0 amide bonds. The van der Waals surface area contributed by atoms with Crippen molar-refractivity contribution in [3.05, 3.63) is 41.2 Å². The molecule has 1 aromatic carbocycles. The molecule has 18 heteroatoms. The summed E-state index contributed by atoms with van der Waals surface area (Å²) in [5, 5.41) is 33.8. The lowest BCUT2D eigenvalue weighted by Gasteiger charge is -2.17. The van der Waals surface area contributed by atoms with E-state index in [-0.39, 0.29) is 23.7 Å².